The predicted octanol–water partition coefficient (Wildman–Crippen LogP) is -0.103. The summed E-state index contributed by atoms with van der Waals surface area (Å²) in [4.78, 5) is 21.7. The molecular formula is C8H12F3NO5S. The standard InChI is InChI=1S/C8H12F3NO5S/c1-18(16,17)3-2-6(13)12(4-7(14)15)5-8(9,10)11/h2-5H2,1H3,(H,14,15). The molecule has 0 spiro atoms. The number of alkyl halides is 3. The number of aliphatic carboxylic acids is 1. The first-order valence-electron chi connectivity index (χ1n) is 4.65. The van der Waals surface area contributed by atoms with Crippen molar-refractivity contribution in [2.75, 3.05) is 25.1 Å². The molecular weight excluding hydrogens is 279 g/mol. The van der Waals surface area contributed by atoms with Crippen LogP contribution >= 0.6 is 0 Å². The fourth-order valence-corrected chi connectivity index (χ4v) is 1.59. The van der Waals surface area contributed by atoms with Gasteiger partial charge < -0.3 is 10.0 Å². The Morgan fingerprint density at radius 2 is 1.78 bits per heavy atom. The first-order chi connectivity index (χ1) is 7.91. The predicted molar refractivity (Wildman–Crippen MR) is 54.6 cm³/mol. The van der Waals surface area contributed by atoms with Gasteiger partial charge in [-0.3, -0.25) is 9.59 Å². The van der Waals surface area contributed by atoms with Gasteiger partial charge in [-0.05, 0) is 0 Å². The van der Waals surface area contributed by atoms with Crippen LogP contribution in [0.5, 0.6) is 0 Å². The number of sulfone groups is 1. The Bertz CT molecular complexity index is 417. The minimum Gasteiger partial charge on any atom is -0.480 e. The smallest absolute Gasteiger partial charge is 0.406 e. The monoisotopic (exact) mass is 291 g/mol. The van der Waals surface area contributed by atoms with E-state index in [0.717, 1.165) is 6.26 Å². The average Bonchev–Trinajstić information content (AvgIpc) is 2.08. The highest BCUT2D eigenvalue weighted by Gasteiger charge is 2.33. The van der Waals surface area contributed by atoms with E-state index in [1.807, 2.05) is 0 Å². The van der Waals surface area contributed by atoms with Crippen LogP contribution in [0.3, 0.4) is 0 Å². The molecule has 0 aromatic rings. The lowest BCUT2D eigenvalue weighted by molar-refractivity contribution is -0.165. The van der Waals surface area contributed by atoms with Crippen molar-refractivity contribution in [3.63, 3.8) is 0 Å². The van der Waals surface area contributed by atoms with Gasteiger partial charge in [-0.25, -0.2) is 8.42 Å². The van der Waals surface area contributed by atoms with Crippen molar-refractivity contribution < 1.29 is 36.3 Å². The Hall–Kier alpha value is -1.32. The molecule has 0 heterocycles. The SMILES string of the molecule is CS(=O)(=O)CCC(=O)N(CC(=O)O)CC(F)(F)F. The Morgan fingerprint density at radius 3 is 2.11 bits per heavy atom. The molecule has 0 saturated heterocycles. The van der Waals surface area contributed by atoms with Crippen LogP contribution in [-0.2, 0) is 19.4 Å². The fraction of sp³-hybridized carbons (Fsp3) is 0.750. The van der Waals surface area contributed by atoms with E-state index >= 15 is 0 Å². The number of hydrogen-bond acceptors (Lipinski definition) is 4. The molecule has 0 aliphatic rings. The van der Waals surface area contributed by atoms with Crippen molar-refractivity contribution >= 4 is 21.7 Å². The third-order valence-corrected chi connectivity index (χ3v) is 2.68. The number of hydrogen-bond donors (Lipinski definition) is 1. The van der Waals surface area contributed by atoms with Crippen LogP contribution < -0.4 is 0 Å². The first kappa shape index (κ1) is 16.7. The van der Waals surface area contributed by atoms with E-state index in [-0.39, 0.29) is 4.90 Å². The van der Waals surface area contributed by atoms with E-state index < -0.39 is 53.2 Å². The van der Waals surface area contributed by atoms with Gasteiger partial charge in [-0.1, -0.05) is 0 Å². The van der Waals surface area contributed by atoms with Gasteiger partial charge in [0.2, 0.25) is 5.91 Å². The summed E-state index contributed by atoms with van der Waals surface area (Å²) in [5, 5.41) is 8.38. The molecule has 6 nitrogen and oxygen atoms in total. The molecule has 0 bridgehead atoms. The van der Waals surface area contributed by atoms with Crippen LogP contribution in [0.2, 0.25) is 0 Å². The average molecular weight is 291 g/mol. The zero-order valence-corrected chi connectivity index (χ0v) is 10.2. The molecule has 1 N–H and O–H groups in total. The van der Waals surface area contributed by atoms with Gasteiger partial charge in [0.1, 0.15) is 22.9 Å². The molecule has 10 heteroatoms. The van der Waals surface area contributed by atoms with E-state index in [2.05, 4.69) is 0 Å². The molecule has 0 radical (unpaired) electrons. The highest BCUT2D eigenvalue weighted by atomic mass is 32.2. The number of nitrogens with zero attached hydrogens (tertiary/aromatic N) is 1. The van der Waals surface area contributed by atoms with E-state index in [4.69, 9.17) is 5.11 Å². The number of rotatable bonds is 6. The number of carbonyl (C=O) groups is 2. The molecule has 0 aliphatic carbocycles. The topological polar surface area (TPSA) is 91.8 Å². The van der Waals surface area contributed by atoms with Crippen molar-refractivity contribution in [3.8, 4) is 0 Å². The van der Waals surface area contributed by atoms with Gasteiger partial charge >= 0.3 is 12.1 Å². The molecule has 0 saturated carbocycles. The van der Waals surface area contributed by atoms with Gasteiger partial charge in [-0.15, -0.1) is 0 Å². The number of amides is 1. The van der Waals surface area contributed by atoms with E-state index in [0.29, 0.717) is 0 Å². The first-order valence-corrected chi connectivity index (χ1v) is 6.71. The van der Waals surface area contributed by atoms with E-state index in [9.17, 15) is 31.2 Å². The summed E-state index contributed by atoms with van der Waals surface area (Å²) >= 11 is 0. The fourth-order valence-electron chi connectivity index (χ4n) is 1.04. The molecule has 18 heavy (non-hydrogen) atoms. The molecule has 0 atom stereocenters. The third kappa shape index (κ3) is 8.79. The number of carboxylic acids is 1. The van der Waals surface area contributed by atoms with Crippen LogP contribution in [0, 0.1) is 0 Å². The Balaban J connectivity index is 4.65. The van der Waals surface area contributed by atoms with Crippen LogP contribution in [-0.4, -0.2) is 61.6 Å². The number of carbonyl (C=O) groups excluding carboxylic acids is 1. The van der Waals surface area contributed by atoms with Crippen molar-refractivity contribution in [1.82, 2.24) is 4.90 Å². The summed E-state index contributed by atoms with van der Waals surface area (Å²) in [6, 6.07) is 0. The summed E-state index contributed by atoms with van der Waals surface area (Å²) in [7, 11) is -3.50. The summed E-state index contributed by atoms with van der Waals surface area (Å²) in [5.41, 5.74) is 0. The van der Waals surface area contributed by atoms with Gasteiger partial charge in [0.15, 0.2) is 0 Å². The van der Waals surface area contributed by atoms with Gasteiger partial charge in [-0.2, -0.15) is 13.2 Å². The lowest BCUT2D eigenvalue weighted by atomic mass is 10.3. The quantitative estimate of drug-likeness (QED) is 0.737. The Kier molecular flexibility index (Phi) is 5.58. The molecule has 106 valence electrons. The van der Waals surface area contributed by atoms with E-state index in [1.54, 1.807) is 0 Å². The second-order valence-corrected chi connectivity index (χ2v) is 5.90. The molecule has 0 rings (SSSR count). The molecule has 0 aromatic heterocycles. The maximum Gasteiger partial charge on any atom is 0.406 e. The van der Waals surface area contributed by atoms with Crippen molar-refractivity contribution in [1.29, 1.82) is 0 Å². The maximum absolute atomic E-state index is 12.1. The highest BCUT2D eigenvalue weighted by Crippen LogP contribution is 2.17. The summed E-state index contributed by atoms with van der Waals surface area (Å²) in [6.45, 7) is -2.84. The molecule has 0 aromatic carbocycles. The molecule has 0 fully saturated rings. The molecule has 0 unspecified atom stereocenters. The van der Waals surface area contributed by atoms with Gasteiger partial charge in [0.05, 0.1) is 5.75 Å². The van der Waals surface area contributed by atoms with Crippen LogP contribution in [0.25, 0.3) is 0 Å². The molecule has 1 amide bonds. The zero-order valence-electron chi connectivity index (χ0n) is 9.40. The summed E-state index contributed by atoms with van der Waals surface area (Å²) in [6.07, 6.45) is -4.59. The van der Waals surface area contributed by atoms with Crippen molar-refractivity contribution in [2.45, 2.75) is 12.6 Å². The minimum absolute atomic E-state index is 0.0630. The van der Waals surface area contributed by atoms with Gasteiger partial charge in [0, 0.05) is 12.7 Å². The second kappa shape index (κ2) is 6.03. The summed E-state index contributed by atoms with van der Waals surface area (Å²) in [5.74, 6) is -3.40. The zero-order chi connectivity index (χ0) is 14.6. The van der Waals surface area contributed by atoms with Gasteiger partial charge in [0.25, 0.3) is 0 Å². The van der Waals surface area contributed by atoms with Crippen molar-refractivity contribution in [3.05, 3.63) is 0 Å². The Labute approximate surface area is 101 Å². The van der Waals surface area contributed by atoms with Crippen molar-refractivity contribution in [2.24, 2.45) is 0 Å². The normalized spacial score (nSPS) is 12.2. The number of halogens is 3. The largest absolute Gasteiger partial charge is 0.480 e. The number of carboxylic acid groups (broad SMARTS) is 1. The Morgan fingerprint density at radius 1 is 1.28 bits per heavy atom. The second-order valence-electron chi connectivity index (χ2n) is 3.64. The lowest BCUT2D eigenvalue weighted by Crippen LogP contribution is -2.42. The third-order valence-electron chi connectivity index (χ3n) is 1.74. The minimum atomic E-state index is -4.74. The maximum atomic E-state index is 12.1. The van der Waals surface area contributed by atoms with Crippen LogP contribution in [0.4, 0.5) is 13.2 Å². The summed E-state index contributed by atoms with van der Waals surface area (Å²) < 4.78 is 57.8. The van der Waals surface area contributed by atoms with E-state index in [1.165, 1.54) is 0 Å². The molecule has 0 aliphatic heterocycles. The highest BCUT2D eigenvalue weighted by molar-refractivity contribution is 7.90. The van der Waals surface area contributed by atoms with Crippen LogP contribution in [0.1, 0.15) is 6.42 Å². The van der Waals surface area contributed by atoms with Crippen LogP contribution in [0.15, 0.2) is 0 Å². The lowest BCUT2D eigenvalue weighted by Gasteiger charge is -2.21.